The van der Waals surface area contributed by atoms with E-state index in [1.807, 2.05) is 20.8 Å². The van der Waals surface area contributed by atoms with Gasteiger partial charge in [0.05, 0.1) is 6.10 Å². The van der Waals surface area contributed by atoms with Crippen molar-refractivity contribution in [3.63, 3.8) is 0 Å². The second kappa shape index (κ2) is 5.24. The molecule has 6 heteroatoms. The summed E-state index contributed by atoms with van der Waals surface area (Å²) in [5.41, 5.74) is -1.13. The summed E-state index contributed by atoms with van der Waals surface area (Å²) >= 11 is 0. The van der Waals surface area contributed by atoms with Gasteiger partial charge in [0.2, 0.25) is 0 Å². The molecular weight excluding hydrogens is 274 g/mol. The van der Waals surface area contributed by atoms with Crippen molar-refractivity contribution in [2.45, 2.75) is 39.3 Å². The smallest absolute Gasteiger partial charge is 0.185 e. The summed E-state index contributed by atoms with van der Waals surface area (Å²) in [5.74, 6) is -5.63. The van der Waals surface area contributed by atoms with Crippen LogP contribution >= 0.6 is 0 Å². The molecule has 1 saturated carbocycles. The van der Waals surface area contributed by atoms with Crippen LogP contribution in [0.15, 0.2) is 6.07 Å². The van der Waals surface area contributed by atoms with Crippen LogP contribution in [0.3, 0.4) is 0 Å². The van der Waals surface area contributed by atoms with E-state index in [1.165, 1.54) is 0 Å². The molecule has 0 aromatic heterocycles. The fraction of sp³-hybridized carbons (Fsp3) is 0.571. The molecule has 1 aromatic carbocycles. The standard InChI is InChI=1S/C14H17F4NO/c1-4-20-10-6-9(14(10,2)3)19-13-11(17)7(15)5-8(16)12(13)18/h5,9-10,19H,4,6H2,1-3H3. The molecule has 0 bridgehead atoms. The molecule has 0 radical (unpaired) electrons. The van der Waals surface area contributed by atoms with E-state index in [-0.39, 0.29) is 23.6 Å². The number of benzene rings is 1. The van der Waals surface area contributed by atoms with Gasteiger partial charge in [0.1, 0.15) is 5.69 Å². The molecule has 0 aliphatic heterocycles. The van der Waals surface area contributed by atoms with E-state index in [9.17, 15) is 17.6 Å². The molecule has 20 heavy (non-hydrogen) atoms. The van der Waals surface area contributed by atoms with Crippen LogP contribution in [-0.4, -0.2) is 18.8 Å². The number of hydrogen-bond donors (Lipinski definition) is 1. The second-order valence-electron chi connectivity index (χ2n) is 5.54. The second-order valence-corrected chi connectivity index (χ2v) is 5.54. The van der Waals surface area contributed by atoms with E-state index in [1.54, 1.807) is 0 Å². The van der Waals surface area contributed by atoms with Gasteiger partial charge in [-0.2, -0.15) is 0 Å². The maximum Gasteiger partial charge on any atom is 0.185 e. The molecule has 2 rings (SSSR count). The fourth-order valence-corrected chi connectivity index (χ4v) is 2.49. The molecule has 1 N–H and O–H groups in total. The number of hydrogen-bond acceptors (Lipinski definition) is 2. The lowest BCUT2D eigenvalue weighted by molar-refractivity contribution is -0.0977. The first-order valence-corrected chi connectivity index (χ1v) is 6.50. The number of ether oxygens (including phenoxy) is 1. The summed E-state index contributed by atoms with van der Waals surface area (Å²) in [6.45, 7) is 6.15. The van der Waals surface area contributed by atoms with Crippen molar-refractivity contribution >= 4 is 5.69 Å². The normalized spacial score (nSPS) is 24.4. The fourth-order valence-electron chi connectivity index (χ4n) is 2.49. The average Bonchev–Trinajstić information content (AvgIpc) is 2.39. The summed E-state index contributed by atoms with van der Waals surface area (Å²) in [6, 6.07) is -0.116. The zero-order valence-corrected chi connectivity index (χ0v) is 11.6. The van der Waals surface area contributed by atoms with Crippen molar-refractivity contribution in [1.82, 2.24) is 0 Å². The van der Waals surface area contributed by atoms with Crippen molar-refractivity contribution in [3.8, 4) is 0 Å². The monoisotopic (exact) mass is 291 g/mol. The van der Waals surface area contributed by atoms with Crippen LogP contribution in [0.5, 0.6) is 0 Å². The Labute approximate surface area is 115 Å². The van der Waals surface area contributed by atoms with Crippen molar-refractivity contribution in [1.29, 1.82) is 0 Å². The van der Waals surface area contributed by atoms with E-state index in [2.05, 4.69) is 5.32 Å². The van der Waals surface area contributed by atoms with Gasteiger partial charge in [-0.05, 0) is 13.3 Å². The van der Waals surface area contributed by atoms with Gasteiger partial charge in [0.25, 0.3) is 0 Å². The highest BCUT2D eigenvalue weighted by Gasteiger charge is 2.49. The molecule has 2 nitrogen and oxygen atoms in total. The molecule has 112 valence electrons. The Morgan fingerprint density at radius 1 is 1.20 bits per heavy atom. The topological polar surface area (TPSA) is 21.3 Å². The lowest BCUT2D eigenvalue weighted by Gasteiger charge is -2.52. The van der Waals surface area contributed by atoms with Crippen molar-refractivity contribution in [2.24, 2.45) is 5.41 Å². The summed E-state index contributed by atoms with van der Waals surface area (Å²) in [4.78, 5) is 0. The number of halogens is 4. The van der Waals surface area contributed by atoms with Crippen LogP contribution < -0.4 is 5.32 Å². The number of anilines is 1. The summed E-state index contributed by atoms with van der Waals surface area (Å²) < 4.78 is 58.9. The molecule has 2 atom stereocenters. The van der Waals surface area contributed by atoms with Gasteiger partial charge in [0.15, 0.2) is 23.3 Å². The molecule has 2 unspecified atom stereocenters. The van der Waals surface area contributed by atoms with Crippen LogP contribution in [-0.2, 0) is 4.74 Å². The van der Waals surface area contributed by atoms with Crippen molar-refractivity contribution < 1.29 is 22.3 Å². The highest BCUT2D eigenvalue weighted by atomic mass is 19.2. The van der Waals surface area contributed by atoms with Crippen LogP contribution in [0.25, 0.3) is 0 Å². The quantitative estimate of drug-likeness (QED) is 0.672. The SMILES string of the molecule is CCOC1CC(Nc2c(F)c(F)cc(F)c2F)C1(C)C. The molecular formula is C14H17F4NO. The van der Waals surface area contributed by atoms with E-state index in [0.29, 0.717) is 13.0 Å². The number of rotatable bonds is 4. The van der Waals surface area contributed by atoms with Crippen LogP contribution in [0, 0.1) is 28.7 Å². The Kier molecular flexibility index (Phi) is 3.95. The lowest BCUT2D eigenvalue weighted by Crippen LogP contribution is -2.58. The summed E-state index contributed by atoms with van der Waals surface area (Å²) in [5, 5.41) is 2.57. The average molecular weight is 291 g/mol. The largest absolute Gasteiger partial charge is 0.378 e. The Morgan fingerprint density at radius 2 is 1.75 bits per heavy atom. The third kappa shape index (κ3) is 2.37. The molecule has 1 aliphatic carbocycles. The van der Waals surface area contributed by atoms with E-state index in [0.717, 1.165) is 0 Å². The zero-order valence-electron chi connectivity index (χ0n) is 11.6. The molecule has 1 aliphatic rings. The third-order valence-corrected chi connectivity index (χ3v) is 3.98. The Morgan fingerprint density at radius 3 is 2.20 bits per heavy atom. The van der Waals surface area contributed by atoms with Gasteiger partial charge >= 0.3 is 0 Å². The third-order valence-electron chi connectivity index (χ3n) is 3.98. The molecule has 0 saturated heterocycles. The molecule has 1 fully saturated rings. The van der Waals surface area contributed by atoms with Crippen LogP contribution in [0.2, 0.25) is 0 Å². The Bertz CT molecular complexity index is 492. The molecule has 0 heterocycles. The Balaban J connectivity index is 2.21. The minimum Gasteiger partial charge on any atom is -0.378 e. The summed E-state index contributed by atoms with van der Waals surface area (Å²) in [7, 11) is 0. The molecule has 0 spiro atoms. The first kappa shape index (κ1) is 15.1. The van der Waals surface area contributed by atoms with E-state index in [4.69, 9.17) is 4.74 Å². The minimum absolute atomic E-state index is 0.0467. The molecule has 0 amide bonds. The first-order chi connectivity index (χ1) is 9.28. The minimum atomic E-state index is -1.41. The number of nitrogens with one attached hydrogen (secondary N) is 1. The van der Waals surface area contributed by atoms with Gasteiger partial charge in [-0.25, -0.2) is 17.6 Å². The van der Waals surface area contributed by atoms with Crippen LogP contribution in [0.4, 0.5) is 23.2 Å². The summed E-state index contributed by atoms with van der Waals surface area (Å²) in [6.07, 6.45) is 0.479. The van der Waals surface area contributed by atoms with Crippen molar-refractivity contribution in [2.75, 3.05) is 11.9 Å². The lowest BCUT2D eigenvalue weighted by atomic mass is 9.64. The zero-order chi connectivity index (χ0) is 15.1. The maximum atomic E-state index is 13.6. The van der Waals surface area contributed by atoms with E-state index >= 15 is 0 Å². The van der Waals surface area contributed by atoms with Gasteiger partial charge in [0, 0.05) is 24.1 Å². The Hall–Kier alpha value is -1.30. The van der Waals surface area contributed by atoms with E-state index < -0.39 is 29.0 Å². The molecule has 1 aromatic rings. The first-order valence-electron chi connectivity index (χ1n) is 6.50. The highest BCUT2D eigenvalue weighted by molar-refractivity contribution is 5.49. The maximum absolute atomic E-state index is 13.6. The highest BCUT2D eigenvalue weighted by Crippen LogP contribution is 2.45. The van der Waals surface area contributed by atoms with Crippen LogP contribution in [0.1, 0.15) is 27.2 Å². The predicted molar refractivity (Wildman–Crippen MR) is 67.5 cm³/mol. The van der Waals surface area contributed by atoms with Gasteiger partial charge in [-0.15, -0.1) is 0 Å². The van der Waals surface area contributed by atoms with Crippen molar-refractivity contribution in [3.05, 3.63) is 29.3 Å². The van der Waals surface area contributed by atoms with Gasteiger partial charge in [-0.3, -0.25) is 0 Å². The van der Waals surface area contributed by atoms with Gasteiger partial charge in [-0.1, -0.05) is 13.8 Å². The van der Waals surface area contributed by atoms with Gasteiger partial charge < -0.3 is 10.1 Å². The predicted octanol–water partition coefficient (Wildman–Crippen LogP) is 3.86.